The Bertz CT molecular complexity index is 478. The van der Waals surface area contributed by atoms with Crippen LogP contribution in [0.3, 0.4) is 0 Å². The highest BCUT2D eigenvalue weighted by molar-refractivity contribution is 5.93. The van der Waals surface area contributed by atoms with Crippen molar-refractivity contribution in [2.75, 3.05) is 5.32 Å². The van der Waals surface area contributed by atoms with Crippen LogP contribution < -0.4 is 5.32 Å². The van der Waals surface area contributed by atoms with Gasteiger partial charge >= 0.3 is 5.97 Å². The van der Waals surface area contributed by atoms with Crippen LogP contribution in [-0.4, -0.2) is 22.0 Å². The zero-order chi connectivity index (χ0) is 12.3. The Hall–Kier alpha value is -2.17. The molecule has 1 amide bonds. The first-order valence-electron chi connectivity index (χ1n) is 5.34. The minimum atomic E-state index is -1.03. The fourth-order valence-electron chi connectivity index (χ4n) is 1.34. The van der Waals surface area contributed by atoms with Gasteiger partial charge in [0.1, 0.15) is 5.82 Å². The summed E-state index contributed by atoms with van der Waals surface area (Å²) in [6, 6.07) is 5.07. The molecule has 5 nitrogen and oxygen atoms in total. The number of hydrogen-bond donors (Lipinski definition) is 2. The summed E-state index contributed by atoms with van der Waals surface area (Å²) in [6.07, 6.45) is 4.26. The molecule has 0 radical (unpaired) electrons. The van der Waals surface area contributed by atoms with Gasteiger partial charge in [0, 0.05) is 12.0 Å². The molecule has 88 valence electrons. The van der Waals surface area contributed by atoms with Crippen molar-refractivity contribution in [2.24, 2.45) is 5.92 Å². The summed E-state index contributed by atoms with van der Waals surface area (Å²) >= 11 is 0. The van der Waals surface area contributed by atoms with E-state index in [0.717, 1.165) is 18.9 Å². The quantitative estimate of drug-likeness (QED) is 0.771. The predicted molar refractivity (Wildman–Crippen MR) is 62.3 cm³/mol. The highest BCUT2D eigenvalue weighted by Crippen LogP contribution is 2.29. The maximum Gasteiger partial charge on any atom is 0.328 e. The Morgan fingerprint density at radius 3 is 2.82 bits per heavy atom. The maximum atomic E-state index is 11.5. The summed E-state index contributed by atoms with van der Waals surface area (Å²) < 4.78 is 0. The average molecular weight is 232 g/mol. The van der Waals surface area contributed by atoms with E-state index in [2.05, 4.69) is 10.3 Å². The summed E-state index contributed by atoms with van der Waals surface area (Å²) in [6.45, 7) is 0. The number of hydrogen-bond acceptors (Lipinski definition) is 3. The third-order valence-electron chi connectivity index (χ3n) is 2.37. The molecule has 1 aromatic rings. The van der Waals surface area contributed by atoms with Gasteiger partial charge in [-0.05, 0) is 31.1 Å². The summed E-state index contributed by atoms with van der Waals surface area (Å²) in [4.78, 5) is 26.0. The molecule has 2 rings (SSSR count). The van der Waals surface area contributed by atoms with E-state index >= 15 is 0 Å². The lowest BCUT2D eigenvalue weighted by molar-refractivity contribution is -0.131. The van der Waals surface area contributed by atoms with Crippen LogP contribution in [0.4, 0.5) is 5.82 Å². The number of pyridine rings is 1. The van der Waals surface area contributed by atoms with E-state index in [4.69, 9.17) is 5.11 Å². The van der Waals surface area contributed by atoms with Crippen LogP contribution in [0.1, 0.15) is 18.5 Å². The first-order valence-corrected chi connectivity index (χ1v) is 5.34. The smallest absolute Gasteiger partial charge is 0.328 e. The van der Waals surface area contributed by atoms with E-state index in [-0.39, 0.29) is 11.8 Å². The molecule has 5 heteroatoms. The lowest BCUT2D eigenvalue weighted by Crippen LogP contribution is -2.14. The van der Waals surface area contributed by atoms with Crippen LogP contribution in [0.15, 0.2) is 24.3 Å². The highest BCUT2D eigenvalue weighted by atomic mass is 16.4. The Morgan fingerprint density at radius 1 is 1.41 bits per heavy atom. The number of aromatic nitrogens is 1. The molecule has 1 fully saturated rings. The molecule has 0 unspecified atom stereocenters. The van der Waals surface area contributed by atoms with Gasteiger partial charge in [0.25, 0.3) is 0 Å². The summed E-state index contributed by atoms with van der Waals surface area (Å²) in [5.74, 6) is -0.472. The van der Waals surface area contributed by atoms with Gasteiger partial charge in [-0.15, -0.1) is 0 Å². The largest absolute Gasteiger partial charge is 0.478 e. The second kappa shape index (κ2) is 4.78. The Labute approximate surface area is 98.2 Å². The van der Waals surface area contributed by atoms with Gasteiger partial charge in [-0.3, -0.25) is 4.79 Å². The number of nitrogens with zero attached hydrogens (tertiary/aromatic N) is 1. The summed E-state index contributed by atoms with van der Waals surface area (Å²) in [5.41, 5.74) is 0.501. The molecule has 1 saturated carbocycles. The second-order valence-corrected chi connectivity index (χ2v) is 3.88. The number of carbonyl (C=O) groups is 2. The number of rotatable bonds is 4. The molecule has 0 saturated heterocycles. The van der Waals surface area contributed by atoms with E-state index < -0.39 is 5.97 Å². The molecular formula is C12H12N2O3. The molecule has 1 aromatic heterocycles. The molecule has 0 bridgehead atoms. The molecule has 0 aromatic carbocycles. The second-order valence-electron chi connectivity index (χ2n) is 3.88. The van der Waals surface area contributed by atoms with Gasteiger partial charge in [-0.1, -0.05) is 6.07 Å². The number of aliphatic carboxylic acids is 1. The summed E-state index contributed by atoms with van der Waals surface area (Å²) in [5, 5.41) is 11.2. The van der Waals surface area contributed by atoms with Crippen LogP contribution in [0.25, 0.3) is 6.08 Å². The van der Waals surface area contributed by atoms with Crippen LogP contribution in [0, 0.1) is 5.92 Å². The molecule has 0 atom stereocenters. The maximum absolute atomic E-state index is 11.5. The Kier molecular flexibility index (Phi) is 3.18. The van der Waals surface area contributed by atoms with Crippen molar-refractivity contribution >= 4 is 23.8 Å². The van der Waals surface area contributed by atoms with Crippen molar-refractivity contribution in [3.8, 4) is 0 Å². The predicted octanol–water partition coefficient (Wildman–Crippen LogP) is 1.53. The first kappa shape index (κ1) is 11.3. The van der Waals surface area contributed by atoms with Gasteiger partial charge in [-0.25, -0.2) is 9.78 Å². The minimum absolute atomic E-state index is 0.0168. The minimum Gasteiger partial charge on any atom is -0.478 e. The number of nitrogens with one attached hydrogen (secondary N) is 1. The van der Waals surface area contributed by atoms with Crippen molar-refractivity contribution in [3.05, 3.63) is 30.0 Å². The topological polar surface area (TPSA) is 79.3 Å². The van der Waals surface area contributed by atoms with Crippen molar-refractivity contribution in [1.29, 1.82) is 0 Å². The average Bonchev–Trinajstić information content (AvgIpc) is 3.10. The van der Waals surface area contributed by atoms with Crippen molar-refractivity contribution in [1.82, 2.24) is 4.98 Å². The van der Waals surface area contributed by atoms with Crippen LogP contribution in [0.5, 0.6) is 0 Å². The van der Waals surface area contributed by atoms with Gasteiger partial charge < -0.3 is 10.4 Å². The summed E-state index contributed by atoms with van der Waals surface area (Å²) in [7, 11) is 0. The van der Waals surface area contributed by atoms with E-state index in [0.29, 0.717) is 11.5 Å². The SMILES string of the molecule is O=C(O)/C=C/c1cccc(NC(=O)C2CC2)n1. The van der Waals surface area contributed by atoms with Crippen LogP contribution in [-0.2, 0) is 9.59 Å². The van der Waals surface area contributed by atoms with E-state index in [1.54, 1.807) is 18.2 Å². The zero-order valence-corrected chi connectivity index (χ0v) is 9.09. The standard InChI is InChI=1S/C12H12N2O3/c15-11(16)7-6-9-2-1-3-10(13-9)14-12(17)8-4-5-8/h1-3,6-8H,4-5H2,(H,15,16)(H,13,14,17)/b7-6+. The van der Waals surface area contributed by atoms with Crippen LogP contribution >= 0.6 is 0 Å². The van der Waals surface area contributed by atoms with E-state index in [9.17, 15) is 9.59 Å². The van der Waals surface area contributed by atoms with Crippen LogP contribution in [0.2, 0.25) is 0 Å². The van der Waals surface area contributed by atoms with E-state index in [1.807, 2.05) is 0 Å². The normalized spacial score (nSPS) is 14.8. The van der Waals surface area contributed by atoms with Crippen molar-refractivity contribution in [3.63, 3.8) is 0 Å². The Balaban J connectivity index is 2.05. The van der Waals surface area contributed by atoms with Crippen molar-refractivity contribution in [2.45, 2.75) is 12.8 Å². The molecule has 17 heavy (non-hydrogen) atoms. The number of carbonyl (C=O) groups excluding carboxylic acids is 1. The Morgan fingerprint density at radius 2 is 2.18 bits per heavy atom. The number of amides is 1. The lowest BCUT2D eigenvalue weighted by atomic mass is 10.3. The first-order chi connectivity index (χ1) is 8.15. The third kappa shape index (κ3) is 3.41. The molecule has 1 heterocycles. The van der Waals surface area contributed by atoms with Gasteiger partial charge in [0.05, 0.1) is 5.69 Å². The lowest BCUT2D eigenvalue weighted by Gasteiger charge is -2.03. The van der Waals surface area contributed by atoms with Gasteiger partial charge in [0.15, 0.2) is 0 Å². The number of carboxylic acids is 1. The third-order valence-corrected chi connectivity index (χ3v) is 2.37. The van der Waals surface area contributed by atoms with Gasteiger partial charge in [0.2, 0.25) is 5.91 Å². The molecule has 2 N–H and O–H groups in total. The van der Waals surface area contributed by atoms with E-state index in [1.165, 1.54) is 6.08 Å². The molecule has 1 aliphatic carbocycles. The fraction of sp³-hybridized carbons (Fsp3) is 0.250. The molecule has 0 spiro atoms. The molecule has 0 aliphatic heterocycles. The molecule has 1 aliphatic rings. The number of anilines is 1. The number of carboxylic acid groups (broad SMARTS) is 1. The fourth-order valence-corrected chi connectivity index (χ4v) is 1.34. The monoisotopic (exact) mass is 232 g/mol. The van der Waals surface area contributed by atoms with Crippen molar-refractivity contribution < 1.29 is 14.7 Å². The highest BCUT2D eigenvalue weighted by Gasteiger charge is 2.29. The van der Waals surface area contributed by atoms with Gasteiger partial charge in [-0.2, -0.15) is 0 Å². The zero-order valence-electron chi connectivity index (χ0n) is 9.09. The molecular weight excluding hydrogens is 220 g/mol.